The van der Waals surface area contributed by atoms with Crippen molar-refractivity contribution < 1.29 is 9.59 Å². The largest absolute Gasteiger partial charge is 0.345 e. The molecule has 0 bridgehead atoms. The van der Waals surface area contributed by atoms with Crippen LogP contribution in [-0.4, -0.2) is 63.6 Å². The quantitative estimate of drug-likeness (QED) is 0.842. The van der Waals surface area contributed by atoms with Gasteiger partial charge in [-0.2, -0.15) is 5.10 Å². The Labute approximate surface area is 153 Å². The lowest BCUT2D eigenvalue weighted by Gasteiger charge is -2.32. The molecule has 1 atom stereocenters. The zero-order valence-electron chi connectivity index (χ0n) is 15.8. The van der Waals surface area contributed by atoms with Gasteiger partial charge >= 0.3 is 0 Å². The summed E-state index contributed by atoms with van der Waals surface area (Å²) in [6.45, 7) is 3.25. The number of carbonyl (C=O) groups excluding carboxylic acids is 2. The molecule has 0 N–H and O–H groups in total. The van der Waals surface area contributed by atoms with Gasteiger partial charge in [-0.3, -0.25) is 19.3 Å². The molecule has 0 unspecified atom stereocenters. The van der Waals surface area contributed by atoms with Gasteiger partial charge in [0.1, 0.15) is 0 Å². The third-order valence-corrected chi connectivity index (χ3v) is 4.81. The molecular weight excluding hydrogens is 330 g/mol. The number of rotatable bonds is 3. The van der Waals surface area contributed by atoms with Crippen molar-refractivity contribution in [3.8, 4) is 0 Å². The first-order chi connectivity index (χ1) is 12.4. The molecule has 1 aliphatic heterocycles. The first kappa shape index (κ1) is 18.1. The molecule has 0 radical (unpaired) electrons. The van der Waals surface area contributed by atoms with Crippen LogP contribution in [-0.2, 0) is 7.05 Å². The highest BCUT2D eigenvalue weighted by atomic mass is 16.2. The van der Waals surface area contributed by atoms with Gasteiger partial charge in [0.2, 0.25) is 0 Å². The van der Waals surface area contributed by atoms with Crippen LogP contribution in [0.1, 0.15) is 50.9 Å². The van der Waals surface area contributed by atoms with Crippen LogP contribution in [0, 0.1) is 6.92 Å². The molecule has 0 saturated carbocycles. The highest BCUT2D eigenvalue weighted by Gasteiger charge is 2.28. The molecule has 1 fully saturated rings. The fourth-order valence-corrected chi connectivity index (χ4v) is 3.41. The first-order valence-corrected chi connectivity index (χ1v) is 8.84. The van der Waals surface area contributed by atoms with E-state index >= 15 is 0 Å². The van der Waals surface area contributed by atoms with Crippen molar-refractivity contribution in [3.63, 3.8) is 0 Å². The van der Waals surface area contributed by atoms with E-state index in [1.54, 1.807) is 31.2 Å². The monoisotopic (exact) mass is 355 g/mol. The van der Waals surface area contributed by atoms with Gasteiger partial charge in [0.05, 0.1) is 16.8 Å². The van der Waals surface area contributed by atoms with Crippen molar-refractivity contribution in [1.29, 1.82) is 0 Å². The van der Waals surface area contributed by atoms with E-state index in [-0.39, 0.29) is 17.7 Å². The lowest BCUT2D eigenvalue weighted by Crippen LogP contribution is -2.39. The highest BCUT2D eigenvalue weighted by Crippen LogP contribution is 2.27. The predicted molar refractivity (Wildman–Crippen MR) is 98.1 cm³/mol. The Bertz CT molecular complexity index is 810. The van der Waals surface area contributed by atoms with Gasteiger partial charge in [-0.05, 0) is 31.9 Å². The van der Waals surface area contributed by atoms with Crippen LogP contribution in [0.5, 0.6) is 0 Å². The number of aryl methyl sites for hydroxylation is 2. The van der Waals surface area contributed by atoms with Gasteiger partial charge in [-0.1, -0.05) is 0 Å². The fraction of sp³-hybridized carbons (Fsp3) is 0.474. The van der Waals surface area contributed by atoms with Crippen LogP contribution in [0.15, 0.2) is 24.5 Å². The molecule has 1 saturated heterocycles. The van der Waals surface area contributed by atoms with E-state index in [4.69, 9.17) is 0 Å². The van der Waals surface area contributed by atoms with Gasteiger partial charge in [-0.25, -0.2) is 0 Å². The van der Waals surface area contributed by atoms with Gasteiger partial charge in [0, 0.05) is 58.2 Å². The molecule has 7 nitrogen and oxygen atoms in total. The summed E-state index contributed by atoms with van der Waals surface area (Å²) in [5.41, 5.74) is 2.92. The standard InChI is InChI=1S/C19H25N5O2/c1-13-16(12-23(4)21-13)19(26)24-9-5-6-15(11-24)17-8-7-14(10-20-17)18(25)22(2)3/h7-8,10,12,15H,5-6,9,11H2,1-4H3/t15-/m0/s1. The normalized spacial score (nSPS) is 17.2. The summed E-state index contributed by atoms with van der Waals surface area (Å²) >= 11 is 0. The molecule has 0 aliphatic carbocycles. The van der Waals surface area contributed by atoms with E-state index in [1.165, 1.54) is 4.90 Å². The molecule has 1 aliphatic rings. The minimum absolute atomic E-state index is 0.0275. The van der Waals surface area contributed by atoms with Crippen molar-refractivity contribution in [2.75, 3.05) is 27.2 Å². The summed E-state index contributed by atoms with van der Waals surface area (Å²) in [5.74, 6) is 0.157. The van der Waals surface area contributed by atoms with E-state index in [2.05, 4.69) is 10.1 Å². The number of hydrogen-bond donors (Lipinski definition) is 0. The summed E-state index contributed by atoms with van der Waals surface area (Å²) in [6.07, 6.45) is 5.34. The smallest absolute Gasteiger partial charge is 0.257 e. The second-order valence-electron chi connectivity index (χ2n) is 7.06. The number of amides is 2. The third kappa shape index (κ3) is 3.61. The van der Waals surface area contributed by atoms with Crippen LogP contribution in [0.2, 0.25) is 0 Å². The number of pyridine rings is 1. The molecule has 2 aromatic rings. The van der Waals surface area contributed by atoms with E-state index in [0.29, 0.717) is 17.7 Å². The minimum atomic E-state index is -0.0587. The molecule has 26 heavy (non-hydrogen) atoms. The van der Waals surface area contributed by atoms with Crippen LogP contribution in [0.25, 0.3) is 0 Å². The molecule has 3 heterocycles. The molecule has 2 amide bonds. The van der Waals surface area contributed by atoms with Crippen LogP contribution in [0.4, 0.5) is 0 Å². The second-order valence-corrected chi connectivity index (χ2v) is 7.06. The number of carbonyl (C=O) groups is 2. The van der Waals surface area contributed by atoms with Crippen molar-refractivity contribution in [1.82, 2.24) is 24.6 Å². The van der Waals surface area contributed by atoms with E-state index < -0.39 is 0 Å². The zero-order valence-corrected chi connectivity index (χ0v) is 15.8. The molecular formula is C19H25N5O2. The lowest BCUT2D eigenvalue weighted by atomic mass is 9.93. The summed E-state index contributed by atoms with van der Waals surface area (Å²) in [5, 5.41) is 4.27. The molecule has 0 aromatic carbocycles. The molecule has 0 spiro atoms. The Kier molecular flexibility index (Phi) is 5.06. The van der Waals surface area contributed by atoms with Crippen molar-refractivity contribution >= 4 is 11.8 Å². The first-order valence-electron chi connectivity index (χ1n) is 8.84. The highest BCUT2D eigenvalue weighted by molar-refractivity contribution is 5.95. The van der Waals surface area contributed by atoms with Crippen molar-refractivity contribution in [2.45, 2.75) is 25.7 Å². The number of nitrogens with zero attached hydrogens (tertiary/aromatic N) is 5. The van der Waals surface area contributed by atoms with Gasteiger partial charge in [0.15, 0.2) is 0 Å². The van der Waals surface area contributed by atoms with E-state index in [1.807, 2.05) is 31.0 Å². The SMILES string of the molecule is Cc1nn(C)cc1C(=O)N1CCC[C@H](c2ccc(C(=O)N(C)C)cn2)C1. The number of hydrogen-bond acceptors (Lipinski definition) is 4. The summed E-state index contributed by atoms with van der Waals surface area (Å²) in [4.78, 5) is 32.7. The summed E-state index contributed by atoms with van der Waals surface area (Å²) in [7, 11) is 5.27. The number of aromatic nitrogens is 3. The van der Waals surface area contributed by atoms with Gasteiger partial charge in [-0.15, -0.1) is 0 Å². The average molecular weight is 355 g/mol. The summed E-state index contributed by atoms with van der Waals surface area (Å²) in [6, 6.07) is 3.72. The van der Waals surface area contributed by atoms with Crippen LogP contribution < -0.4 is 0 Å². The minimum Gasteiger partial charge on any atom is -0.345 e. The van der Waals surface area contributed by atoms with Gasteiger partial charge in [0.25, 0.3) is 11.8 Å². The lowest BCUT2D eigenvalue weighted by molar-refractivity contribution is 0.0705. The molecule has 2 aromatic heterocycles. The Balaban J connectivity index is 1.73. The van der Waals surface area contributed by atoms with Crippen molar-refractivity contribution in [2.24, 2.45) is 7.05 Å². The number of piperidine rings is 1. The Morgan fingerprint density at radius 2 is 2.04 bits per heavy atom. The Hall–Kier alpha value is -2.70. The third-order valence-electron chi connectivity index (χ3n) is 4.81. The molecule has 3 rings (SSSR count). The van der Waals surface area contributed by atoms with E-state index in [0.717, 1.165) is 30.8 Å². The maximum atomic E-state index is 12.8. The average Bonchev–Trinajstić information content (AvgIpc) is 2.98. The molecule has 7 heteroatoms. The van der Waals surface area contributed by atoms with E-state index in [9.17, 15) is 9.59 Å². The Morgan fingerprint density at radius 3 is 2.62 bits per heavy atom. The van der Waals surface area contributed by atoms with Crippen molar-refractivity contribution in [3.05, 3.63) is 47.0 Å². The maximum Gasteiger partial charge on any atom is 0.257 e. The Morgan fingerprint density at radius 1 is 1.27 bits per heavy atom. The number of likely N-dealkylation sites (tertiary alicyclic amines) is 1. The zero-order chi connectivity index (χ0) is 18.8. The summed E-state index contributed by atoms with van der Waals surface area (Å²) < 4.78 is 1.67. The topological polar surface area (TPSA) is 71.3 Å². The predicted octanol–water partition coefficient (Wildman–Crippen LogP) is 1.85. The van der Waals surface area contributed by atoms with Gasteiger partial charge < -0.3 is 9.80 Å². The van der Waals surface area contributed by atoms with Crippen LogP contribution >= 0.6 is 0 Å². The fourth-order valence-electron chi connectivity index (χ4n) is 3.41. The maximum absolute atomic E-state index is 12.8. The molecule has 138 valence electrons. The van der Waals surface area contributed by atoms with Crippen LogP contribution in [0.3, 0.4) is 0 Å². The second kappa shape index (κ2) is 7.27.